The van der Waals surface area contributed by atoms with Crippen molar-refractivity contribution in [2.45, 2.75) is 44.4 Å². The van der Waals surface area contributed by atoms with Gasteiger partial charge in [-0.3, -0.25) is 0 Å². The molecule has 0 atom stereocenters. The Balaban J connectivity index is 1.60. The Morgan fingerprint density at radius 2 is 2.17 bits per heavy atom. The Bertz CT molecular complexity index is 358. The summed E-state index contributed by atoms with van der Waals surface area (Å²) in [5.41, 5.74) is 0. The molecule has 0 aromatic carbocycles. The second kappa shape index (κ2) is 6.39. The van der Waals surface area contributed by atoms with Crippen LogP contribution in [0.1, 0.15) is 25.7 Å². The van der Waals surface area contributed by atoms with Crippen molar-refractivity contribution >= 4 is 6.03 Å². The lowest BCUT2D eigenvalue weighted by molar-refractivity contribution is 0.117. The van der Waals surface area contributed by atoms with Crippen LogP contribution in [0.15, 0.2) is 18.7 Å². The van der Waals surface area contributed by atoms with Crippen LogP contribution in [-0.4, -0.2) is 39.4 Å². The third kappa shape index (κ3) is 4.03. The van der Waals surface area contributed by atoms with Crippen molar-refractivity contribution in [3.63, 3.8) is 0 Å². The Morgan fingerprint density at radius 1 is 1.39 bits per heavy atom. The largest absolute Gasteiger partial charge is 0.393 e. The van der Waals surface area contributed by atoms with Gasteiger partial charge in [-0.05, 0) is 25.7 Å². The highest BCUT2D eigenvalue weighted by Crippen LogP contribution is 2.17. The first-order chi connectivity index (χ1) is 8.74. The lowest BCUT2D eigenvalue weighted by atomic mass is 9.93. The van der Waals surface area contributed by atoms with E-state index in [4.69, 9.17) is 0 Å². The zero-order valence-corrected chi connectivity index (χ0v) is 10.4. The molecule has 0 aliphatic heterocycles. The van der Waals surface area contributed by atoms with E-state index in [-0.39, 0.29) is 18.2 Å². The molecule has 0 spiro atoms. The van der Waals surface area contributed by atoms with Crippen LogP contribution in [0, 0.1) is 0 Å². The van der Waals surface area contributed by atoms with E-state index in [9.17, 15) is 9.90 Å². The molecule has 1 aliphatic carbocycles. The quantitative estimate of drug-likeness (QED) is 0.729. The van der Waals surface area contributed by atoms with E-state index in [2.05, 4.69) is 15.6 Å². The zero-order valence-electron chi connectivity index (χ0n) is 10.4. The molecule has 6 nitrogen and oxygen atoms in total. The van der Waals surface area contributed by atoms with Gasteiger partial charge in [0.1, 0.15) is 0 Å². The average molecular weight is 252 g/mol. The predicted molar refractivity (Wildman–Crippen MR) is 67.0 cm³/mol. The van der Waals surface area contributed by atoms with Gasteiger partial charge in [-0.2, -0.15) is 0 Å². The smallest absolute Gasteiger partial charge is 0.315 e. The number of hydrogen-bond donors (Lipinski definition) is 3. The second-order valence-electron chi connectivity index (χ2n) is 4.71. The molecule has 1 fully saturated rings. The zero-order chi connectivity index (χ0) is 12.8. The minimum atomic E-state index is -0.188. The molecule has 2 rings (SSSR count). The van der Waals surface area contributed by atoms with E-state index in [0.717, 1.165) is 32.2 Å². The van der Waals surface area contributed by atoms with Gasteiger partial charge in [0, 0.05) is 31.5 Å². The fourth-order valence-corrected chi connectivity index (χ4v) is 2.17. The molecular formula is C12H20N4O2. The highest BCUT2D eigenvalue weighted by Gasteiger charge is 2.20. The number of amides is 2. The Labute approximate surface area is 106 Å². The molecule has 1 aromatic rings. The topological polar surface area (TPSA) is 79.2 Å². The van der Waals surface area contributed by atoms with Gasteiger partial charge in [0.2, 0.25) is 0 Å². The normalized spacial score (nSPS) is 23.6. The minimum absolute atomic E-state index is 0.128. The van der Waals surface area contributed by atoms with E-state index in [1.165, 1.54) is 0 Å². The van der Waals surface area contributed by atoms with Gasteiger partial charge in [-0.25, -0.2) is 9.78 Å². The van der Waals surface area contributed by atoms with Crippen molar-refractivity contribution in [2.24, 2.45) is 0 Å². The number of nitrogens with zero attached hydrogens (tertiary/aromatic N) is 2. The van der Waals surface area contributed by atoms with Crippen LogP contribution in [0.4, 0.5) is 4.79 Å². The van der Waals surface area contributed by atoms with Crippen molar-refractivity contribution in [3.05, 3.63) is 18.7 Å². The fourth-order valence-electron chi connectivity index (χ4n) is 2.17. The van der Waals surface area contributed by atoms with Gasteiger partial charge < -0.3 is 20.3 Å². The molecule has 0 saturated heterocycles. The summed E-state index contributed by atoms with van der Waals surface area (Å²) in [4.78, 5) is 15.5. The molecule has 100 valence electrons. The number of rotatable bonds is 4. The number of imidazole rings is 1. The number of carbonyl (C=O) groups excluding carboxylic acids is 1. The number of carbonyl (C=O) groups is 1. The van der Waals surface area contributed by atoms with Crippen LogP contribution in [0.2, 0.25) is 0 Å². The van der Waals surface area contributed by atoms with Gasteiger partial charge in [-0.15, -0.1) is 0 Å². The SMILES string of the molecule is O=C(NCCn1ccnc1)NC1CCC(O)CC1. The summed E-state index contributed by atoms with van der Waals surface area (Å²) in [7, 11) is 0. The standard InChI is InChI=1S/C12H20N4O2/c17-11-3-1-10(2-4-11)15-12(18)14-6-8-16-7-5-13-9-16/h5,7,9-11,17H,1-4,6,8H2,(H2,14,15,18). The molecule has 1 aliphatic rings. The molecule has 0 radical (unpaired) electrons. The average Bonchev–Trinajstić information content (AvgIpc) is 2.85. The van der Waals surface area contributed by atoms with Crippen LogP contribution >= 0.6 is 0 Å². The number of nitrogens with one attached hydrogen (secondary N) is 2. The summed E-state index contributed by atoms with van der Waals surface area (Å²) in [6.07, 6.45) is 8.39. The predicted octanol–water partition coefficient (Wildman–Crippen LogP) is 0.486. The molecule has 1 heterocycles. The Hall–Kier alpha value is -1.56. The maximum Gasteiger partial charge on any atom is 0.315 e. The summed E-state index contributed by atoms with van der Waals surface area (Å²) in [6.45, 7) is 1.30. The van der Waals surface area contributed by atoms with Gasteiger partial charge in [0.15, 0.2) is 0 Å². The van der Waals surface area contributed by atoms with Crippen molar-refractivity contribution in [2.75, 3.05) is 6.54 Å². The van der Waals surface area contributed by atoms with Gasteiger partial charge in [-0.1, -0.05) is 0 Å². The van der Waals surface area contributed by atoms with Crippen molar-refractivity contribution in [3.8, 4) is 0 Å². The van der Waals surface area contributed by atoms with Gasteiger partial charge >= 0.3 is 6.03 Å². The van der Waals surface area contributed by atoms with E-state index in [1.54, 1.807) is 12.5 Å². The van der Waals surface area contributed by atoms with Crippen LogP contribution < -0.4 is 10.6 Å². The molecule has 2 amide bonds. The number of aromatic nitrogens is 2. The third-order valence-corrected chi connectivity index (χ3v) is 3.25. The first-order valence-electron chi connectivity index (χ1n) is 6.42. The first kappa shape index (κ1) is 12.9. The van der Waals surface area contributed by atoms with E-state index >= 15 is 0 Å². The number of hydrogen-bond acceptors (Lipinski definition) is 3. The highest BCUT2D eigenvalue weighted by molar-refractivity contribution is 5.74. The lowest BCUT2D eigenvalue weighted by Gasteiger charge is -2.26. The van der Waals surface area contributed by atoms with Crippen molar-refractivity contribution in [1.29, 1.82) is 0 Å². The first-order valence-corrected chi connectivity index (χ1v) is 6.42. The monoisotopic (exact) mass is 252 g/mol. The van der Waals surface area contributed by atoms with Gasteiger partial charge in [0.25, 0.3) is 0 Å². The molecule has 3 N–H and O–H groups in total. The highest BCUT2D eigenvalue weighted by atomic mass is 16.3. The van der Waals surface area contributed by atoms with Crippen LogP contribution in [0.5, 0.6) is 0 Å². The van der Waals surface area contributed by atoms with E-state index < -0.39 is 0 Å². The summed E-state index contributed by atoms with van der Waals surface area (Å²) in [6, 6.07) is 0.0677. The number of aliphatic hydroxyl groups is 1. The summed E-state index contributed by atoms with van der Waals surface area (Å²) >= 11 is 0. The molecule has 18 heavy (non-hydrogen) atoms. The Morgan fingerprint density at radius 3 is 2.83 bits per heavy atom. The number of urea groups is 1. The second-order valence-corrected chi connectivity index (χ2v) is 4.71. The minimum Gasteiger partial charge on any atom is -0.393 e. The van der Waals surface area contributed by atoms with Crippen molar-refractivity contribution < 1.29 is 9.90 Å². The molecule has 0 bridgehead atoms. The Kier molecular flexibility index (Phi) is 4.58. The fraction of sp³-hybridized carbons (Fsp3) is 0.667. The summed E-state index contributed by atoms with van der Waals surface area (Å²) in [5, 5.41) is 15.1. The molecule has 1 aromatic heterocycles. The molecule has 6 heteroatoms. The maximum atomic E-state index is 11.6. The third-order valence-electron chi connectivity index (χ3n) is 3.25. The van der Waals surface area contributed by atoms with E-state index in [1.807, 2.05) is 10.8 Å². The van der Waals surface area contributed by atoms with E-state index in [0.29, 0.717) is 6.54 Å². The summed E-state index contributed by atoms with van der Waals surface area (Å²) in [5.74, 6) is 0. The molecule has 0 unspecified atom stereocenters. The van der Waals surface area contributed by atoms with Crippen LogP contribution in [0.25, 0.3) is 0 Å². The number of aliphatic hydroxyl groups excluding tert-OH is 1. The van der Waals surface area contributed by atoms with Gasteiger partial charge in [0.05, 0.1) is 12.4 Å². The maximum absolute atomic E-state index is 11.6. The summed E-state index contributed by atoms with van der Waals surface area (Å²) < 4.78 is 1.91. The van der Waals surface area contributed by atoms with Crippen LogP contribution in [-0.2, 0) is 6.54 Å². The lowest BCUT2D eigenvalue weighted by Crippen LogP contribution is -2.44. The van der Waals surface area contributed by atoms with Crippen molar-refractivity contribution in [1.82, 2.24) is 20.2 Å². The molecular weight excluding hydrogens is 232 g/mol. The van der Waals surface area contributed by atoms with Crippen LogP contribution in [0.3, 0.4) is 0 Å². The molecule has 1 saturated carbocycles.